The summed E-state index contributed by atoms with van der Waals surface area (Å²) >= 11 is 0. The maximum Gasteiger partial charge on any atom is 0.250 e. The lowest BCUT2D eigenvalue weighted by atomic mass is 10.4. The van der Waals surface area contributed by atoms with Crippen LogP contribution in [0.5, 0.6) is 0 Å². The van der Waals surface area contributed by atoms with E-state index in [4.69, 9.17) is 8.94 Å². The Morgan fingerprint density at radius 3 is 2.64 bits per heavy atom. The minimum atomic E-state index is 0.483. The second-order valence-corrected chi connectivity index (χ2v) is 2.96. The Balaban J connectivity index is 2.14. The quantitative estimate of drug-likeness (QED) is 0.729. The third-order valence-corrected chi connectivity index (χ3v) is 1.69. The summed E-state index contributed by atoms with van der Waals surface area (Å²) in [5, 5.41) is 3.67. The largest absolute Gasteiger partial charge is 0.462 e. The van der Waals surface area contributed by atoms with Gasteiger partial charge in [-0.05, 0) is 32.1 Å². The zero-order valence-corrected chi connectivity index (χ0v) is 8.02. The molecular formula is C10H10N2O2. The molecule has 2 rings (SSSR count). The van der Waals surface area contributed by atoms with E-state index in [1.165, 1.54) is 0 Å². The summed E-state index contributed by atoms with van der Waals surface area (Å²) in [6, 6.07) is 3.79. The number of furan rings is 1. The van der Waals surface area contributed by atoms with Crippen LogP contribution in [0.1, 0.15) is 23.2 Å². The lowest BCUT2D eigenvalue weighted by Gasteiger charge is -1.82. The van der Waals surface area contributed by atoms with Gasteiger partial charge in [0, 0.05) is 6.08 Å². The van der Waals surface area contributed by atoms with Crippen LogP contribution in [0.2, 0.25) is 0 Å². The fraction of sp³-hybridized carbons (Fsp3) is 0.200. The van der Waals surface area contributed by atoms with Gasteiger partial charge in [0.05, 0.1) is 0 Å². The number of hydrogen-bond donors (Lipinski definition) is 0. The van der Waals surface area contributed by atoms with Gasteiger partial charge in [-0.1, -0.05) is 5.16 Å². The minimum Gasteiger partial charge on any atom is -0.462 e. The molecule has 0 fully saturated rings. The first-order chi connectivity index (χ1) is 6.74. The summed E-state index contributed by atoms with van der Waals surface area (Å²) in [4.78, 5) is 4.03. The summed E-state index contributed by atoms with van der Waals surface area (Å²) in [6.45, 7) is 3.67. The van der Waals surface area contributed by atoms with E-state index in [1.54, 1.807) is 19.1 Å². The summed E-state index contributed by atoms with van der Waals surface area (Å²) in [7, 11) is 0. The van der Waals surface area contributed by atoms with Gasteiger partial charge in [0.2, 0.25) is 0 Å². The van der Waals surface area contributed by atoms with Crippen molar-refractivity contribution in [1.82, 2.24) is 10.1 Å². The first-order valence-corrected chi connectivity index (χ1v) is 4.29. The third-order valence-electron chi connectivity index (χ3n) is 1.69. The number of aryl methyl sites for hydroxylation is 2. The second kappa shape index (κ2) is 3.49. The van der Waals surface area contributed by atoms with E-state index in [9.17, 15) is 0 Å². The molecule has 0 saturated heterocycles. The van der Waals surface area contributed by atoms with Crippen molar-refractivity contribution in [3.05, 3.63) is 35.4 Å². The zero-order valence-electron chi connectivity index (χ0n) is 8.02. The molecule has 14 heavy (non-hydrogen) atoms. The van der Waals surface area contributed by atoms with E-state index in [0.717, 1.165) is 11.5 Å². The fourth-order valence-electron chi connectivity index (χ4n) is 1.08. The van der Waals surface area contributed by atoms with Gasteiger partial charge < -0.3 is 8.94 Å². The van der Waals surface area contributed by atoms with Crippen LogP contribution in [0.15, 0.2) is 21.1 Å². The topological polar surface area (TPSA) is 52.1 Å². The molecular weight excluding hydrogens is 180 g/mol. The van der Waals surface area contributed by atoms with Crippen molar-refractivity contribution in [2.24, 2.45) is 0 Å². The summed E-state index contributed by atoms with van der Waals surface area (Å²) < 4.78 is 10.2. The number of hydrogen-bond acceptors (Lipinski definition) is 4. The highest BCUT2D eigenvalue weighted by molar-refractivity contribution is 5.62. The lowest BCUT2D eigenvalue weighted by Crippen LogP contribution is -1.72. The molecule has 2 aromatic rings. The van der Waals surface area contributed by atoms with E-state index in [2.05, 4.69) is 10.1 Å². The Bertz CT molecular complexity index is 412. The molecule has 0 aliphatic rings. The maximum absolute atomic E-state index is 5.34. The van der Waals surface area contributed by atoms with Crippen molar-refractivity contribution in [2.75, 3.05) is 0 Å². The predicted molar refractivity (Wildman–Crippen MR) is 51.4 cm³/mol. The molecule has 72 valence electrons. The summed E-state index contributed by atoms with van der Waals surface area (Å²) in [6.07, 6.45) is 3.51. The summed E-state index contributed by atoms with van der Waals surface area (Å²) in [5.74, 6) is 2.77. The first kappa shape index (κ1) is 8.74. The highest BCUT2D eigenvalue weighted by Crippen LogP contribution is 2.10. The highest BCUT2D eigenvalue weighted by atomic mass is 16.5. The van der Waals surface area contributed by atoms with Crippen LogP contribution in [-0.4, -0.2) is 10.1 Å². The molecule has 4 nitrogen and oxygen atoms in total. The minimum absolute atomic E-state index is 0.483. The Hall–Kier alpha value is -1.84. The molecule has 0 radical (unpaired) electrons. The van der Waals surface area contributed by atoms with Gasteiger partial charge >= 0.3 is 0 Å². The van der Waals surface area contributed by atoms with Crippen molar-refractivity contribution in [1.29, 1.82) is 0 Å². The van der Waals surface area contributed by atoms with Gasteiger partial charge in [0.25, 0.3) is 5.89 Å². The van der Waals surface area contributed by atoms with Crippen LogP contribution < -0.4 is 0 Å². The molecule has 0 spiro atoms. The van der Waals surface area contributed by atoms with Crippen molar-refractivity contribution < 1.29 is 8.94 Å². The average molecular weight is 190 g/mol. The molecule has 2 aromatic heterocycles. The molecule has 2 heterocycles. The maximum atomic E-state index is 5.34. The van der Waals surface area contributed by atoms with Crippen molar-refractivity contribution in [3.63, 3.8) is 0 Å². The van der Waals surface area contributed by atoms with Gasteiger partial charge in [-0.2, -0.15) is 4.98 Å². The van der Waals surface area contributed by atoms with Crippen LogP contribution in [-0.2, 0) is 0 Å². The smallest absolute Gasteiger partial charge is 0.250 e. The molecule has 0 bridgehead atoms. The van der Waals surface area contributed by atoms with Crippen LogP contribution in [0.3, 0.4) is 0 Å². The molecule has 0 amide bonds. The summed E-state index contributed by atoms with van der Waals surface area (Å²) in [5.41, 5.74) is 0. The molecule has 0 saturated carbocycles. The van der Waals surface area contributed by atoms with Gasteiger partial charge in [0.15, 0.2) is 5.82 Å². The molecule has 0 N–H and O–H groups in total. The lowest BCUT2D eigenvalue weighted by molar-refractivity contribution is 0.405. The van der Waals surface area contributed by atoms with E-state index in [-0.39, 0.29) is 0 Å². The molecule has 0 aromatic carbocycles. The van der Waals surface area contributed by atoms with E-state index < -0.39 is 0 Å². The van der Waals surface area contributed by atoms with Gasteiger partial charge in [0.1, 0.15) is 11.5 Å². The Morgan fingerprint density at radius 2 is 2.07 bits per heavy atom. The number of nitrogens with zero attached hydrogens (tertiary/aromatic N) is 2. The Morgan fingerprint density at radius 1 is 1.21 bits per heavy atom. The van der Waals surface area contributed by atoms with Gasteiger partial charge in [-0.3, -0.25) is 0 Å². The van der Waals surface area contributed by atoms with E-state index in [1.807, 2.05) is 19.1 Å². The zero-order chi connectivity index (χ0) is 9.97. The van der Waals surface area contributed by atoms with Crippen LogP contribution >= 0.6 is 0 Å². The van der Waals surface area contributed by atoms with Gasteiger partial charge in [-0.15, -0.1) is 0 Å². The fourth-order valence-corrected chi connectivity index (χ4v) is 1.08. The molecule has 4 heteroatoms. The first-order valence-electron chi connectivity index (χ1n) is 4.29. The van der Waals surface area contributed by atoms with E-state index >= 15 is 0 Å². The van der Waals surface area contributed by atoms with Crippen LogP contribution in [0.4, 0.5) is 0 Å². The van der Waals surface area contributed by atoms with E-state index in [0.29, 0.717) is 11.7 Å². The molecule has 0 atom stereocenters. The van der Waals surface area contributed by atoms with Crippen LogP contribution in [0, 0.1) is 13.8 Å². The number of aromatic nitrogens is 2. The van der Waals surface area contributed by atoms with Crippen molar-refractivity contribution in [2.45, 2.75) is 13.8 Å². The predicted octanol–water partition coefficient (Wildman–Crippen LogP) is 2.45. The number of rotatable bonds is 2. The average Bonchev–Trinajstić information content (AvgIpc) is 2.72. The Labute approximate surface area is 81.2 Å². The highest BCUT2D eigenvalue weighted by Gasteiger charge is 1.97. The Kier molecular flexibility index (Phi) is 2.18. The van der Waals surface area contributed by atoms with Crippen molar-refractivity contribution >= 4 is 12.2 Å². The molecule has 0 aliphatic carbocycles. The van der Waals surface area contributed by atoms with Gasteiger partial charge in [-0.25, -0.2) is 0 Å². The second-order valence-electron chi connectivity index (χ2n) is 2.96. The normalized spacial score (nSPS) is 11.3. The monoisotopic (exact) mass is 190 g/mol. The SMILES string of the molecule is Cc1noc(C=Cc2ccc(C)o2)n1. The molecule has 0 unspecified atom stereocenters. The van der Waals surface area contributed by atoms with Crippen molar-refractivity contribution in [3.8, 4) is 0 Å². The molecule has 0 aliphatic heterocycles. The standard InChI is InChI=1S/C10H10N2O2/c1-7-3-4-9(13-7)5-6-10-11-8(2)12-14-10/h3-6H,1-2H3. The third kappa shape index (κ3) is 1.90. The van der Waals surface area contributed by atoms with Crippen LogP contribution in [0.25, 0.3) is 12.2 Å².